The first kappa shape index (κ1) is 26.7. The number of nitrogens with one attached hydrogen (secondary N) is 1. The number of hydrogen-bond donors (Lipinski definition) is 1. The fourth-order valence-corrected chi connectivity index (χ4v) is 5.92. The number of aromatic nitrogens is 5. The Morgan fingerprint density at radius 2 is 1.88 bits per heavy atom. The zero-order chi connectivity index (χ0) is 28.5. The van der Waals surface area contributed by atoms with Crippen LogP contribution in [0.5, 0.6) is 0 Å². The van der Waals surface area contributed by atoms with Crippen molar-refractivity contribution in [3.05, 3.63) is 76.9 Å². The maximum absolute atomic E-state index is 13.3. The molecule has 0 saturated carbocycles. The van der Waals surface area contributed by atoms with Gasteiger partial charge in [-0.15, -0.1) is 6.58 Å². The SMILES string of the molecule is C=CCn1c(=O)c2cnc(Nc3ccc(N4CCN(C(=O)CC)CC4)cc3)nc2n1-c1ccc2c(n1)C(C)CCC2. The molecule has 1 N–H and O–H groups in total. The summed E-state index contributed by atoms with van der Waals surface area (Å²) in [5, 5.41) is 3.72. The normalized spacial score (nSPS) is 17.0. The lowest BCUT2D eigenvalue weighted by Crippen LogP contribution is -2.48. The summed E-state index contributed by atoms with van der Waals surface area (Å²) < 4.78 is 3.40. The van der Waals surface area contributed by atoms with Crippen molar-refractivity contribution >= 4 is 34.3 Å². The van der Waals surface area contributed by atoms with Crippen LogP contribution in [-0.2, 0) is 17.8 Å². The molecule has 1 amide bonds. The van der Waals surface area contributed by atoms with Gasteiger partial charge in [0.15, 0.2) is 11.5 Å². The van der Waals surface area contributed by atoms with E-state index in [-0.39, 0.29) is 11.5 Å². The summed E-state index contributed by atoms with van der Waals surface area (Å²) in [7, 11) is 0. The molecule has 4 heterocycles. The Hall–Kier alpha value is -4.47. The molecule has 0 bridgehead atoms. The monoisotopic (exact) mass is 552 g/mol. The first-order valence-electron chi connectivity index (χ1n) is 14.5. The lowest BCUT2D eigenvalue weighted by molar-refractivity contribution is -0.131. The minimum absolute atomic E-state index is 0.177. The zero-order valence-electron chi connectivity index (χ0n) is 23.7. The van der Waals surface area contributed by atoms with E-state index in [4.69, 9.17) is 9.97 Å². The Bertz CT molecular complexity index is 1650. The molecule has 3 aromatic heterocycles. The fourth-order valence-electron chi connectivity index (χ4n) is 5.92. The van der Waals surface area contributed by atoms with Crippen LogP contribution in [0.3, 0.4) is 0 Å². The second-order valence-electron chi connectivity index (χ2n) is 10.8. The lowest BCUT2D eigenvalue weighted by atomic mass is 9.88. The van der Waals surface area contributed by atoms with Crippen LogP contribution in [0.2, 0.25) is 0 Å². The van der Waals surface area contributed by atoms with Gasteiger partial charge in [0.1, 0.15) is 5.39 Å². The number of rotatable bonds is 7. The minimum atomic E-state index is -0.177. The molecule has 1 fully saturated rings. The molecule has 41 heavy (non-hydrogen) atoms. The van der Waals surface area contributed by atoms with Crippen LogP contribution < -0.4 is 15.8 Å². The highest BCUT2D eigenvalue weighted by Crippen LogP contribution is 2.31. The molecule has 1 aliphatic carbocycles. The van der Waals surface area contributed by atoms with Crippen LogP contribution in [0.1, 0.15) is 50.3 Å². The summed E-state index contributed by atoms with van der Waals surface area (Å²) in [6.07, 6.45) is 7.14. The van der Waals surface area contributed by atoms with E-state index >= 15 is 0 Å². The van der Waals surface area contributed by atoms with Crippen LogP contribution >= 0.6 is 0 Å². The van der Waals surface area contributed by atoms with Gasteiger partial charge < -0.3 is 15.1 Å². The van der Waals surface area contributed by atoms with Crippen LogP contribution in [0.4, 0.5) is 17.3 Å². The largest absolute Gasteiger partial charge is 0.368 e. The van der Waals surface area contributed by atoms with Crippen molar-refractivity contribution in [2.24, 2.45) is 0 Å². The average molecular weight is 553 g/mol. The summed E-state index contributed by atoms with van der Waals surface area (Å²) in [5.41, 5.74) is 4.65. The van der Waals surface area contributed by atoms with E-state index in [0.29, 0.717) is 41.7 Å². The summed E-state index contributed by atoms with van der Waals surface area (Å²) >= 11 is 0. The van der Waals surface area contributed by atoms with Crippen molar-refractivity contribution in [2.75, 3.05) is 36.4 Å². The van der Waals surface area contributed by atoms with E-state index in [0.717, 1.165) is 56.1 Å². The van der Waals surface area contributed by atoms with E-state index in [1.807, 2.05) is 30.0 Å². The predicted molar refractivity (Wildman–Crippen MR) is 161 cm³/mol. The van der Waals surface area contributed by atoms with Gasteiger partial charge in [0, 0.05) is 55.9 Å². The molecular formula is C31H36N8O2. The summed E-state index contributed by atoms with van der Waals surface area (Å²) in [4.78, 5) is 43.8. The Morgan fingerprint density at radius 1 is 1.10 bits per heavy atom. The molecule has 1 saturated heterocycles. The van der Waals surface area contributed by atoms with E-state index in [1.54, 1.807) is 21.6 Å². The minimum Gasteiger partial charge on any atom is -0.368 e. The van der Waals surface area contributed by atoms with Crippen molar-refractivity contribution in [3.63, 3.8) is 0 Å². The molecule has 1 atom stereocenters. The van der Waals surface area contributed by atoms with E-state index in [2.05, 4.69) is 46.9 Å². The maximum atomic E-state index is 13.3. The number of carbonyl (C=O) groups is 1. The van der Waals surface area contributed by atoms with Gasteiger partial charge in [-0.25, -0.2) is 19.3 Å². The zero-order valence-corrected chi connectivity index (χ0v) is 23.7. The molecule has 212 valence electrons. The maximum Gasteiger partial charge on any atom is 0.278 e. The number of piperazine rings is 1. The molecule has 1 aromatic carbocycles. The van der Waals surface area contributed by atoms with Crippen molar-refractivity contribution in [1.82, 2.24) is 29.2 Å². The van der Waals surface area contributed by atoms with Crippen molar-refractivity contribution in [2.45, 2.75) is 52.0 Å². The number of hydrogen-bond acceptors (Lipinski definition) is 7. The number of pyridine rings is 1. The van der Waals surface area contributed by atoms with Crippen LogP contribution in [-0.4, -0.2) is 61.3 Å². The van der Waals surface area contributed by atoms with Crippen molar-refractivity contribution in [3.8, 4) is 5.82 Å². The number of carbonyl (C=O) groups excluding carboxylic acids is 1. The Kier molecular flexibility index (Phi) is 7.30. The Morgan fingerprint density at radius 3 is 2.61 bits per heavy atom. The number of benzene rings is 1. The number of amides is 1. The van der Waals surface area contributed by atoms with Crippen LogP contribution in [0, 0.1) is 0 Å². The standard InChI is InChI=1S/C31H36N8O2/c1-4-15-38-30(41)25-20-32-31(35-29(25)39(38)26-14-9-22-8-6-7-21(3)28(22)34-26)33-23-10-12-24(13-11-23)36-16-18-37(19-17-36)27(40)5-2/h4,9-14,20-21H,1,5-8,15-19H2,2-3H3,(H,32,33,35). The Labute approximate surface area is 239 Å². The van der Waals surface area contributed by atoms with Crippen molar-refractivity contribution in [1.29, 1.82) is 0 Å². The van der Waals surface area contributed by atoms with Gasteiger partial charge in [-0.1, -0.05) is 26.0 Å². The molecule has 2 aliphatic rings. The van der Waals surface area contributed by atoms with Crippen LogP contribution in [0.25, 0.3) is 16.9 Å². The van der Waals surface area contributed by atoms with Crippen molar-refractivity contribution < 1.29 is 4.79 Å². The molecule has 4 aromatic rings. The van der Waals surface area contributed by atoms with Gasteiger partial charge in [0.25, 0.3) is 5.56 Å². The predicted octanol–water partition coefficient (Wildman–Crippen LogP) is 4.41. The smallest absolute Gasteiger partial charge is 0.278 e. The topological polar surface area (TPSA) is 101 Å². The number of fused-ring (bicyclic) bond motifs is 2. The lowest BCUT2D eigenvalue weighted by Gasteiger charge is -2.36. The third kappa shape index (κ3) is 5.10. The van der Waals surface area contributed by atoms with E-state index in [9.17, 15) is 9.59 Å². The molecule has 6 rings (SSSR count). The third-order valence-electron chi connectivity index (χ3n) is 8.17. The highest BCUT2D eigenvalue weighted by molar-refractivity contribution is 5.77. The van der Waals surface area contributed by atoms with Gasteiger partial charge >= 0.3 is 0 Å². The van der Waals surface area contributed by atoms with Gasteiger partial charge in [0.05, 0.1) is 6.54 Å². The second kappa shape index (κ2) is 11.2. The molecule has 10 heteroatoms. The molecule has 10 nitrogen and oxygen atoms in total. The van der Waals surface area contributed by atoms with Gasteiger partial charge in [-0.2, -0.15) is 4.98 Å². The van der Waals surface area contributed by atoms with E-state index < -0.39 is 0 Å². The number of aryl methyl sites for hydroxylation is 1. The summed E-state index contributed by atoms with van der Waals surface area (Å²) in [5.74, 6) is 1.65. The summed E-state index contributed by atoms with van der Waals surface area (Å²) in [6, 6.07) is 12.2. The van der Waals surface area contributed by atoms with Crippen LogP contribution in [0.15, 0.2) is 60.0 Å². The highest BCUT2D eigenvalue weighted by atomic mass is 16.2. The molecule has 0 spiro atoms. The highest BCUT2D eigenvalue weighted by Gasteiger charge is 2.23. The molecule has 1 unspecified atom stereocenters. The quantitative estimate of drug-likeness (QED) is 0.339. The first-order valence-corrected chi connectivity index (χ1v) is 14.5. The molecular weight excluding hydrogens is 516 g/mol. The number of allylic oxidation sites excluding steroid dienone is 1. The van der Waals surface area contributed by atoms with Gasteiger partial charge in [0.2, 0.25) is 11.9 Å². The summed E-state index contributed by atoms with van der Waals surface area (Å²) in [6.45, 7) is 11.4. The van der Waals surface area contributed by atoms with E-state index in [1.165, 1.54) is 12.0 Å². The average Bonchev–Trinajstić information content (AvgIpc) is 3.28. The van der Waals surface area contributed by atoms with Gasteiger partial charge in [-0.3, -0.25) is 9.59 Å². The number of anilines is 3. The molecule has 1 aliphatic heterocycles. The number of nitrogens with zero attached hydrogens (tertiary/aromatic N) is 7. The van der Waals surface area contributed by atoms with Gasteiger partial charge in [-0.05, 0) is 61.1 Å². The fraction of sp³-hybridized carbons (Fsp3) is 0.387. The second-order valence-corrected chi connectivity index (χ2v) is 10.8. The Balaban J connectivity index is 1.28. The first-order chi connectivity index (χ1) is 20.0. The third-order valence-corrected chi connectivity index (χ3v) is 8.17. The molecule has 0 radical (unpaired) electrons.